The zero-order chi connectivity index (χ0) is 34.9. The molecule has 3 fully saturated rings. The van der Waals surface area contributed by atoms with Crippen molar-refractivity contribution in [3.8, 4) is 11.5 Å². The van der Waals surface area contributed by atoms with Crippen LogP contribution < -0.4 is 15.1 Å². The van der Waals surface area contributed by atoms with Crippen LogP contribution in [0.1, 0.15) is 58.6 Å². The SMILES string of the molecule is CC[C@H]1CN2CC[C@H]1C[C@H]2[C@H](O[Si](c1ccccc1)(c1ccccc1)C(C)(C)C)c1ccnc2c(N=Nc3ccccc3)cc(OC)c(O)c12. The van der Waals surface area contributed by atoms with E-state index in [2.05, 4.69) is 103 Å². The van der Waals surface area contributed by atoms with Gasteiger partial charge in [0.15, 0.2) is 11.5 Å². The van der Waals surface area contributed by atoms with Gasteiger partial charge in [0.2, 0.25) is 0 Å². The summed E-state index contributed by atoms with van der Waals surface area (Å²) in [6.07, 6.45) is 4.89. The van der Waals surface area contributed by atoms with Crippen molar-refractivity contribution in [1.29, 1.82) is 0 Å². The second-order valence-electron chi connectivity index (χ2n) is 14.8. The summed E-state index contributed by atoms with van der Waals surface area (Å²) in [5.41, 5.74) is 2.73. The van der Waals surface area contributed by atoms with Gasteiger partial charge in [-0.3, -0.25) is 9.88 Å². The Morgan fingerprint density at radius 3 is 2.12 bits per heavy atom. The van der Waals surface area contributed by atoms with E-state index in [-0.39, 0.29) is 22.9 Å². The number of nitrogens with zero attached hydrogens (tertiary/aromatic N) is 4. The highest BCUT2D eigenvalue weighted by molar-refractivity contribution is 6.99. The predicted octanol–water partition coefficient (Wildman–Crippen LogP) is 9.10. The molecule has 0 spiro atoms. The van der Waals surface area contributed by atoms with Crippen LogP contribution in [-0.4, -0.2) is 49.5 Å². The van der Waals surface area contributed by atoms with Crippen LogP contribution in [0.15, 0.2) is 120 Å². The molecular weight excluding hydrogens is 637 g/mol. The number of pyridine rings is 1. The molecule has 0 saturated carbocycles. The van der Waals surface area contributed by atoms with Gasteiger partial charge in [-0.2, -0.15) is 5.11 Å². The molecule has 5 aromatic rings. The number of phenols is 1. The number of benzene rings is 4. The van der Waals surface area contributed by atoms with Gasteiger partial charge in [-0.1, -0.05) is 113 Å². The maximum Gasteiger partial charge on any atom is 0.261 e. The summed E-state index contributed by atoms with van der Waals surface area (Å²) < 4.78 is 13.9. The molecule has 0 radical (unpaired) electrons. The van der Waals surface area contributed by atoms with Gasteiger partial charge in [0, 0.05) is 24.8 Å². The van der Waals surface area contributed by atoms with E-state index < -0.39 is 8.32 Å². The number of phenolic OH excluding ortho intramolecular Hbond substituents is 1. The number of fused-ring (bicyclic) bond motifs is 4. The van der Waals surface area contributed by atoms with Gasteiger partial charge < -0.3 is 14.3 Å². The van der Waals surface area contributed by atoms with Crippen LogP contribution in [0.3, 0.4) is 0 Å². The van der Waals surface area contributed by atoms with Crippen molar-refractivity contribution in [2.75, 3.05) is 20.2 Å². The van der Waals surface area contributed by atoms with E-state index in [9.17, 15) is 5.11 Å². The second kappa shape index (κ2) is 14.1. The highest BCUT2D eigenvalue weighted by Gasteiger charge is 2.54. The minimum absolute atomic E-state index is 0.0442. The van der Waals surface area contributed by atoms with Crippen molar-refractivity contribution >= 4 is 41.0 Å². The third-order valence-electron chi connectivity index (χ3n) is 11.1. The standard InChI is InChI=1S/C42H48N4O3Si/c1-6-29-28-46-25-23-30(29)26-36(46)41(49-50(42(2,3)4,32-18-12-8-13-19-32)33-20-14-9-15-21-33)34-22-24-43-39-35(27-37(48-5)40(47)38(34)39)45-44-31-16-10-7-11-17-31/h7-22,24,27,29-30,36,41,47H,6,23,25-26,28H2,1-5H3/t29-,30-,36-,41+/m0/s1. The summed E-state index contributed by atoms with van der Waals surface area (Å²) in [5, 5.41) is 24.0. The van der Waals surface area contributed by atoms with E-state index in [4.69, 9.17) is 14.1 Å². The van der Waals surface area contributed by atoms with Crippen molar-refractivity contribution in [3.05, 3.63) is 115 Å². The lowest BCUT2D eigenvalue weighted by Gasteiger charge is -2.54. The molecule has 4 aromatic carbocycles. The van der Waals surface area contributed by atoms with E-state index in [0.717, 1.165) is 30.8 Å². The largest absolute Gasteiger partial charge is 0.504 e. The second-order valence-corrected chi connectivity index (χ2v) is 19.1. The lowest BCUT2D eigenvalue weighted by molar-refractivity contribution is -0.0510. The molecule has 0 amide bonds. The summed E-state index contributed by atoms with van der Waals surface area (Å²) in [6.45, 7) is 11.4. The lowest BCUT2D eigenvalue weighted by atomic mass is 9.72. The van der Waals surface area contributed by atoms with Crippen LogP contribution in [0.25, 0.3) is 10.9 Å². The van der Waals surface area contributed by atoms with Crippen molar-refractivity contribution in [3.63, 3.8) is 0 Å². The molecule has 258 valence electrons. The average molecular weight is 685 g/mol. The first-order valence-electron chi connectivity index (χ1n) is 17.9. The first-order valence-corrected chi connectivity index (χ1v) is 19.8. The summed E-state index contributed by atoms with van der Waals surface area (Å²) in [7, 11) is -1.46. The number of aromatic hydroxyl groups is 1. The van der Waals surface area contributed by atoms with Crippen LogP contribution in [-0.2, 0) is 4.43 Å². The normalized spacial score (nSPS) is 21.5. The van der Waals surface area contributed by atoms with Gasteiger partial charge in [-0.05, 0) is 70.4 Å². The van der Waals surface area contributed by atoms with Gasteiger partial charge >= 0.3 is 0 Å². The quantitative estimate of drug-likeness (QED) is 0.117. The molecule has 1 unspecified atom stereocenters. The number of rotatable bonds is 10. The molecule has 4 heterocycles. The minimum Gasteiger partial charge on any atom is -0.504 e. The zero-order valence-electron chi connectivity index (χ0n) is 29.8. The Bertz CT molecular complexity index is 1910. The number of azo groups is 1. The van der Waals surface area contributed by atoms with Gasteiger partial charge in [0.05, 0.1) is 24.3 Å². The molecule has 8 rings (SSSR count). The maximum atomic E-state index is 12.0. The Balaban J connectivity index is 1.48. The number of methoxy groups -OCH3 is 1. The van der Waals surface area contributed by atoms with Gasteiger partial charge in [-0.25, -0.2) is 0 Å². The Kier molecular flexibility index (Phi) is 9.61. The fraction of sp³-hybridized carbons (Fsp3) is 0.357. The molecule has 7 nitrogen and oxygen atoms in total. The summed E-state index contributed by atoms with van der Waals surface area (Å²) in [6, 6.07) is 35.2. The molecule has 8 heteroatoms. The van der Waals surface area contributed by atoms with Crippen molar-refractivity contribution in [1.82, 2.24) is 9.88 Å². The van der Waals surface area contributed by atoms with E-state index in [1.165, 1.54) is 23.2 Å². The highest BCUT2D eigenvalue weighted by Crippen LogP contribution is 2.50. The summed E-state index contributed by atoms with van der Waals surface area (Å²) >= 11 is 0. The number of hydrogen-bond donors (Lipinski definition) is 1. The topological polar surface area (TPSA) is 79.5 Å². The molecule has 50 heavy (non-hydrogen) atoms. The fourth-order valence-electron chi connectivity index (χ4n) is 8.57. The number of aromatic nitrogens is 1. The number of hydrogen-bond acceptors (Lipinski definition) is 7. The van der Waals surface area contributed by atoms with E-state index >= 15 is 0 Å². The van der Waals surface area contributed by atoms with Crippen LogP contribution in [0.4, 0.5) is 11.4 Å². The van der Waals surface area contributed by atoms with Crippen LogP contribution in [0.5, 0.6) is 11.5 Å². The van der Waals surface area contributed by atoms with Crippen molar-refractivity contribution in [2.24, 2.45) is 22.1 Å². The van der Waals surface area contributed by atoms with Crippen LogP contribution in [0.2, 0.25) is 5.04 Å². The molecule has 5 atom stereocenters. The molecule has 3 aliphatic rings. The molecular formula is C42H48N4O3Si. The highest BCUT2D eigenvalue weighted by atomic mass is 28.4. The fourth-order valence-corrected chi connectivity index (χ4v) is 13.2. The third kappa shape index (κ3) is 6.14. The minimum atomic E-state index is -3.03. The Hall–Kier alpha value is -4.37. The van der Waals surface area contributed by atoms with Crippen molar-refractivity contribution in [2.45, 2.75) is 64.1 Å². The molecule has 2 bridgehead atoms. The summed E-state index contributed by atoms with van der Waals surface area (Å²) in [4.78, 5) is 7.49. The first-order chi connectivity index (χ1) is 24.2. The van der Waals surface area contributed by atoms with Crippen molar-refractivity contribution < 1.29 is 14.3 Å². The van der Waals surface area contributed by atoms with Crippen LogP contribution >= 0.6 is 0 Å². The molecule has 0 aliphatic carbocycles. The molecule has 3 saturated heterocycles. The number of ether oxygens (including phenoxy) is 1. The molecule has 1 aromatic heterocycles. The Morgan fingerprint density at radius 1 is 0.920 bits per heavy atom. The van der Waals surface area contributed by atoms with E-state index in [0.29, 0.717) is 34.2 Å². The van der Waals surface area contributed by atoms with E-state index in [1.807, 2.05) is 42.6 Å². The summed E-state index contributed by atoms with van der Waals surface area (Å²) in [5.74, 6) is 1.69. The van der Waals surface area contributed by atoms with Gasteiger partial charge in [0.25, 0.3) is 8.32 Å². The van der Waals surface area contributed by atoms with Gasteiger partial charge in [0.1, 0.15) is 11.2 Å². The zero-order valence-corrected chi connectivity index (χ0v) is 30.8. The smallest absolute Gasteiger partial charge is 0.261 e. The lowest BCUT2D eigenvalue weighted by Crippen LogP contribution is -2.68. The van der Waals surface area contributed by atoms with Gasteiger partial charge in [-0.15, -0.1) is 5.11 Å². The molecule has 1 N–H and O–H groups in total. The maximum absolute atomic E-state index is 12.0. The monoisotopic (exact) mass is 684 g/mol. The molecule has 3 aliphatic heterocycles. The predicted molar refractivity (Wildman–Crippen MR) is 204 cm³/mol. The van der Waals surface area contributed by atoms with Crippen LogP contribution in [0, 0.1) is 11.8 Å². The van der Waals surface area contributed by atoms with E-state index in [1.54, 1.807) is 13.2 Å². The number of piperidine rings is 3. The first kappa shape index (κ1) is 34.1. The Labute approximate surface area is 297 Å². The average Bonchev–Trinajstić information content (AvgIpc) is 3.15. The Morgan fingerprint density at radius 2 is 1.56 bits per heavy atom. The third-order valence-corrected chi connectivity index (χ3v) is 16.1.